The third kappa shape index (κ3) is 4.74. The van der Waals surface area contributed by atoms with Gasteiger partial charge in [0.05, 0.1) is 19.4 Å². The first kappa shape index (κ1) is 10.9. The van der Waals surface area contributed by atoms with Gasteiger partial charge in [0, 0.05) is 5.41 Å². The lowest BCUT2D eigenvalue weighted by Gasteiger charge is -2.06. The monoisotopic (exact) mass is 191 g/mol. The predicted octanol–water partition coefficient (Wildman–Crippen LogP) is 2.42. The van der Waals surface area contributed by atoms with E-state index in [4.69, 9.17) is 4.42 Å². The van der Waals surface area contributed by atoms with Crippen LogP contribution >= 0.6 is 0 Å². The van der Waals surface area contributed by atoms with E-state index >= 15 is 0 Å². The van der Waals surface area contributed by atoms with Crippen LogP contribution in [0, 0.1) is 17.3 Å². The fraction of sp³-hybridized carbons (Fsp3) is 0.500. The van der Waals surface area contributed by atoms with E-state index in [1.165, 1.54) is 0 Å². The fourth-order valence-corrected chi connectivity index (χ4v) is 0.971. The Kier molecular flexibility index (Phi) is 3.79. The van der Waals surface area contributed by atoms with E-state index in [-0.39, 0.29) is 5.41 Å². The zero-order valence-electron chi connectivity index (χ0n) is 9.05. The van der Waals surface area contributed by atoms with Gasteiger partial charge in [-0.3, -0.25) is 5.32 Å². The van der Waals surface area contributed by atoms with Crippen molar-refractivity contribution in [1.82, 2.24) is 5.32 Å². The topological polar surface area (TPSA) is 25.2 Å². The molecule has 1 aromatic heterocycles. The molecule has 0 spiro atoms. The number of hydrogen-bond acceptors (Lipinski definition) is 2. The lowest BCUT2D eigenvalue weighted by Crippen LogP contribution is -2.13. The van der Waals surface area contributed by atoms with Crippen molar-refractivity contribution in [3.8, 4) is 11.8 Å². The number of nitrogens with one attached hydrogen (secondary N) is 1. The Labute approximate surface area is 85.7 Å². The van der Waals surface area contributed by atoms with Crippen molar-refractivity contribution in [2.24, 2.45) is 5.41 Å². The van der Waals surface area contributed by atoms with E-state index in [2.05, 4.69) is 37.9 Å². The molecule has 0 aliphatic carbocycles. The molecule has 0 aliphatic rings. The zero-order valence-corrected chi connectivity index (χ0v) is 9.05. The molecule has 1 aromatic rings. The molecular formula is C12H17NO. The molecule has 0 atom stereocenters. The standard InChI is InChI=1S/C12H17NO/c1-12(2,3)7-5-8-13-10-11-6-4-9-14-11/h4,6,9,13H,8,10H2,1-3H3. The quantitative estimate of drug-likeness (QED) is 0.586. The lowest BCUT2D eigenvalue weighted by atomic mass is 9.98. The van der Waals surface area contributed by atoms with Crippen LogP contribution in [-0.2, 0) is 6.54 Å². The van der Waals surface area contributed by atoms with Gasteiger partial charge < -0.3 is 4.42 Å². The summed E-state index contributed by atoms with van der Waals surface area (Å²) in [6.45, 7) is 7.76. The minimum atomic E-state index is 0.0896. The second-order valence-corrected chi connectivity index (χ2v) is 4.23. The van der Waals surface area contributed by atoms with Crippen molar-refractivity contribution < 1.29 is 4.42 Å². The molecule has 2 heteroatoms. The molecule has 0 fully saturated rings. The molecule has 0 saturated carbocycles. The van der Waals surface area contributed by atoms with Crippen molar-refractivity contribution in [2.45, 2.75) is 27.3 Å². The van der Waals surface area contributed by atoms with Gasteiger partial charge in [-0.1, -0.05) is 11.8 Å². The van der Waals surface area contributed by atoms with Gasteiger partial charge in [-0.2, -0.15) is 0 Å². The van der Waals surface area contributed by atoms with Crippen LogP contribution in [0.25, 0.3) is 0 Å². The van der Waals surface area contributed by atoms with Crippen LogP contribution in [0.4, 0.5) is 0 Å². The van der Waals surface area contributed by atoms with Crippen LogP contribution in [0.2, 0.25) is 0 Å². The van der Waals surface area contributed by atoms with Crippen LogP contribution in [0.1, 0.15) is 26.5 Å². The highest BCUT2D eigenvalue weighted by molar-refractivity contribution is 5.08. The molecule has 0 saturated heterocycles. The third-order valence-corrected chi connectivity index (χ3v) is 1.56. The first-order valence-electron chi connectivity index (χ1n) is 4.81. The van der Waals surface area contributed by atoms with Gasteiger partial charge in [0.2, 0.25) is 0 Å². The molecule has 0 unspecified atom stereocenters. The van der Waals surface area contributed by atoms with Crippen LogP contribution in [0.5, 0.6) is 0 Å². The summed E-state index contributed by atoms with van der Waals surface area (Å²) in [4.78, 5) is 0. The van der Waals surface area contributed by atoms with Gasteiger partial charge in [0.25, 0.3) is 0 Å². The Morgan fingerprint density at radius 2 is 2.21 bits per heavy atom. The van der Waals surface area contributed by atoms with Crippen LogP contribution in [-0.4, -0.2) is 6.54 Å². The minimum absolute atomic E-state index is 0.0896. The number of furan rings is 1. The summed E-state index contributed by atoms with van der Waals surface area (Å²) in [6.07, 6.45) is 1.68. The highest BCUT2D eigenvalue weighted by Gasteiger charge is 2.02. The second-order valence-electron chi connectivity index (χ2n) is 4.23. The largest absolute Gasteiger partial charge is 0.468 e. The Balaban J connectivity index is 2.19. The molecule has 2 nitrogen and oxygen atoms in total. The SMILES string of the molecule is CC(C)(C)C#CCNCc1ccco1. The summed E-state index contributed by atoms with van der Waals surface area (Å²) >= 11 is 0. The summed E-state index contributed by atoms with van der Waals surface area (Å²) < 4.78 is 5.17. The highest BCUT2D eigenvalue weighted by Crippen LogP contribution is 2.09. The first-order chi connectivity index (χ1) is 6.58. The van der Waals surface area contributed by atoms with Crippen LogP contribution < -0.4 is 5.32 Å². The van der Waals surface area contributed by atoms with Gasteiger partial charge >= 0.3 is 0 Å². The smallest absolute Gasteiger partial charge is 0.117 e. The van der Waals surface area contributed by atoms with E-state index in [0.29, 0.717) is 6.54 Å². The van der Waals surface area contributed by atoms with Gasteiger partial charge in [-0.25, -0.2) is 0 Å². The molecule has 1 N–H and O–H groups in total. The molecular weight excluding hydrogens is 174 g/mol. The maximum atomic E-state index is 5.17. The second kappa shape index (κ2) is 4.88. The maximum absolute atomic E-state index is 5.17. The maximum Gasteiger partial charge on any atom is 0.117 e. The van der Waals surface area contributed by atoms with E-state index in [0.717, 1.165) is 12.3 Å². The van der Waals surface area contributed by atoms with Crippen molar-refractivity contribution in [3.63, 3.8) is 0 Å². The Morgan fingerprint density at radius 1 is 1.43 bits per heavy atom. The summed E-state index contributed by atoms with van der Waals surface area (Å²) in [5.41, 5.74) is 0.0896. The van der Waals surface area contributed by atoms with Gasteiger partial charge in [-0.15, -0.1) is 0 Å². The van der Waals surface area contributed by atoms with E-state index in [9.17, 15) is 0 Å². The summed E-state index contributed by atoms with van der Waals surface area (Å²) in [7, 11) is 0. The Bertz CT molecular complexity index is 308. The molecule has 76 valence electrons. The van der Waals surface area contributed by atoms with Gasteiger partial charge in [0.1, 0.15) is 5.76 Å². The van der Waals surface area contributed by atoms with E-state index in [1.807, 2.05) is 12.1 Å². The average Bonchev–Trinajstić information content (AvgIpc) is 2.54. The minimum Gasteiger partial charge on any atom is -0.468 e. The molecule has 0 aromatic carbocycles. The molecule has 1 heterocycles. The first-order valence-corrected chi connectivity index (χ1v) is 4.81. The van der Waals surface area contributed by atoms with Crippen molar-refractivity contribution in [3.05, 3.63) is 24.2 Å². The molecule has 0 bridgehead atoms. The van der Waals surface area contributed by atoms with Gasteiger partial charge in [0.15, 0.2) is 0 Å². The molecule has 0 radical (unpaired) electrons. The van der Waals surface area contributed by atoms with Crippen LogP contribution in [0.15, 0.2) is 22.8 Å². The van der Waals surface area contributed by atoms with Crippen molar-refractivity contribution in [2.75, 3.05) is 6.54 Å². The Morgan fingerprint density at radius 3 is 2.79 bits per heavy atom. The van der Waals surface area contributed by atoms with Crippen molar-refractivity contribution in [1.29, 1.82) is 0 Å². The van der Waals surface area contributed by atoms with Crippen molar-refractivity contribution >= 4 is 0 Å². The molecule has 14 heavy (non-hydrogen) atoms. The normalized spacial score (nSPS) is 10.8. The van der Waals surface area contributed by atoms with E-state index in [1.54, 1.807) is 6.26 Å². The Hall–Kier alpha value is -1.20. The zero-order chi connectivity index (χ0) is 10.4. The molecule has 0 aliphatic heterocycles. The van der Waals surface area contributed by atoms with Crippen LogP contribution in [0.3, 0.4) is 0 Å². The van der Waals surface area contributed by atoms with Gasteiger partial charge in [-0.05, 0) is 32.9 Å². The van der Waals surface area contributed by atoms with E-state index < -0.39 is 0 Å². The average molecular weight is 191 g/mol. The summed E-state index contributed by atoms with van der Waals surface area (Å²) in [6, 6.07) is 3.84. The number of hydrogen-bond donors (Lipinski definition) is 1. The summed E-state index contributed by atoms with van der Waals surface area (Å²) in [5, 5.41) is 3.19. The highest BCUT2D eigenvalue weighted by atomic mass is 16.3. The number of rotatable bonds is 3. The third-order valence-electron chi connectivity index (χ3n) is 1.56. The summed E-state index contributed by atoms with van der Waals surface area (Å²) in [5.74, 6) is 7.19. The lowest BCUT2D eigenvalue weighted by molar-refractivity contribution is 0.491. The molecule has 0 amide bonds. The predicted molar refractivity (Wildman–Crippen MR) is 57.6 cm³/mol. The molecule has 1 rings (SSSR count). The fourth-order valence-electron chi connectivity index (χ4n) is 0.971.